The summed E-state index contributed by atoms with van der Waals surface area (Å²) in [5, 5.41) is 0. The lowest BCUT2D eigenvalue weighted by Gasteiger charge is -2.12. The molecule has 0 aliphatic carbocycles. The van der Waals surface area contributed by atoms with Crippen molar-refractivity contribution in [1.82, 2.24) is 9.66 Å². The summed E-state index contributed by atoms with van der Waals surface area (Å²) in [6, 6.07) is 9.22. The molecule has 0 amide bonds. The van der Waals surface area contributed by atoms with Crippen molar-refractivity contribution in [2.24, 2.45) is 0 Å². The van der Waals surface area contributed by atoms with Crippen LogP contribution in [0.25, 0.3) is 22.4 Å². The van der Waals surface area contributed by atoms with Crippen molar-refractivity contribution in [3.05, 3.63) is 54.0 Å². The van der Waals surface area contributed by atoms with Crippen molar-refractivity contribution >= 4 is 5.97 Å². The van der Waals surface area contributed by atoms with Gasteiger partial charge in [0.25, 0.3) is 0 Å². The Labute approximate surface area is 163 Å². The van der Waals surface area contributed by atoms with Gasteiger partial charge >= 0.3 is 5.97 Å². The smallest absolute Gasteiger partial charge is 0.357 e. The van der Waals surface area contributed by atoms with Gasteiger partial charge in [-0.25, -0.2) is 4.79 Å². The van der Waals surface area contributed by atoms with Crippen molar-refractivity contribution in [2.75, 3.05) is 26.7 Å². The number of methoxy groups -OCH3 is 2. The van der Waals surface area contributed by atoms with E-state index in [4.69, 9.17) is 20.1 Å². The van der Waals surface area contributed by atoms with Crippen LogP contribution in [0.5, 0.6) is 11.5 Å². The molecule has 2 aromatic heterocycles. The van der Waals surface area contributed by atoms with E-state index in [-0.39, 0.29) is 12.3 Å². The van der Waals surface area contributed by atoms with Gasteiger partial charge in [-0.1, -0.05) is 12.1 Å². The number of hydrogen-bond acceptors (Lipinski definition) is 6. The summed E-state index contributed by atoms with van der Waals surface area (Å²) >= 11 is 0. The van der Waals surface area contributed by atoms with Gasteiger partial charge in [-0.15, -0.1) is 0 Å². The molecule has 0 atom stereocenters. The van der Waals surface area contributed by atoms with Gasteiger partial charge in [-0.2, -0.15) is 0 Å². The maximum absolute atomic E-state index is 12.7. The lowest BCUT2D eigenvalue weighted by molar-refractivity contribution is 0.0517. The minimum absolute atomic E-state index is 0.222. The molecule has 0 saturated carbocycles. The number of benzene rings is 1. The normalized spacial score (nSPS) is 10.6. The Morgan fingerprint density at radius 2 is 1.96 bits per heavy atom. The lowest BCUT2D eigenvalue weighted by Crippen LogP contribution is -2.18. The molecule has 0 bridgehead atoms. The minimum atomic E-state index is -0.517. The molecular formula is C21H23N3O4. The first-order valence-electron chi connectivity index (χ1n) is 8.83. The zero-order valence-corrected chi connectivity index (χ0v) is 16.4. The van der Waals surface area contributed by atoms with Gasteiger partial charge in [0.05, 0.1) is 26.5 Å². The van der Waals surface area contributed by atoms with Crippen LogP contribution >= 0.6 is 0 Å². The second kappa shape index (κ2) is 8.04. The number of nitrogens with zero attached hydrogens (tertiary/aromatic N) is 2. The molecule has 7 heteroatoms. The summed E-state index contributed by atoms with van der Waals surface area (Å²) < 4.78 is 17.3. The minimum Gasteiger partial charge on any atom is -0.497 e. The van der Waals surface area contributed by atoms with Crippen LogP contribution in [-0.2, 0) is 4.74 Å². The van der Waals surface area contributed by atoms with E-state index in [0.29, 0.717) is 17.0 Å². The van der Waals surface area contributed by atoms with Crippen molar-refractivity contribution in [1.29, 1.82) is 0 Å². The highest BCUT2D eigenvalue weighted by Crippen LogP contribution is 2.39. The van der Waals surface area contributed by atoms with Crippen molar-refractivity contribution < 1.29 is 19.0 Å². The fourth-order valence-electron chi connectivity index (χ4n) is 3.20. The van der Waals surface area contributed by atoms with E-state index in [0.717, 1.165) is 22.4 Å². The number of carbonyl (C=O) groups is 1. The average Bonchev–Trinajstić information content (AvgIpc) is 3.05. The summed E-state index contributed by atoms with van der Waals surface area (Å²) in [5.41, 5.74) is 3.92. The van der Waals surface area contributed by atoms with E-state index in [9.17, 15) is 4.79 Å². The van der Waals surface area contributed by atoms with Crippen molar-refractivity contribution in [3.63, 3.8) is 0 Å². The fraction of sp³-hybridized carbons (Fsp3) is 0.238. The topological polar surface area (TPSA) is 88.6 Å². The highest BCUT2D eigenvalue weighted by molar-refractivity contribution is 6.01. The number of esters is 1. The van der Waals surface area contributed by atoms with Gasteiger partial charge in [-0.05, 0) is 37.1 Å². The van der Waals surface area contributed by atoms with Crippen LogP contribution < -0.4 is 15.3 Å². The van der Waals surface area contributed by atoms with Crippen LogP contribution in [0.4, 0.5) is 0 Å². The van der Waals surface area contributed by atoms with Gasteiger partial charge in [0.1, 0.15) is 11.5 Å². The highest BCUT2D eigenvalue weighted by Gasteiger charge is 2.26. The molecule has 0 aliphatic heterocycles. The van der Waals surface area contributed by atoms with Crippen LogP contribution in [0.1, 0.15) is 23.0 Å². The second-order valence-corrected chi connectivity index (χ2v) is 6.11. The largest absolute Gasteiger partial charge is 0.497 e. The molecule has 146 valence electrons. The molecule has 0 saturated heterocycles. The quantitative estimate of drug-likeness (QED) is 0.520. The van der Waals surface area contributed by atoms with E-state index < -0.39 is 5.97 Å². The third-order valence-corrected chi connectivity index (χ3v) is 4.52. The first-order valence-corrected chi connectivity index (χ1v) is 8.83. The average molecular weight is 381 g/mol. The van der Waals surface area contributed by atoms with Crippen LogP contribution in [-0.4, -0.2) is 36.5 Å². The van der Waals surface area contributed by atoms with Crippen LogP contribution in [0.3, 0.4) is 0 Å². The number of ether oxygens (including phenoxy) is 3. The van der Waals surface area contributed by atoms with Crippen LogP contribution in [0.15, 0.2) is 42.7 Å². The van der Waals surface area contributed by atoms with Crippen molar-refractivity contribution in [3.8, 4) is 33.9 Å². The number of nitrogens with two attached hydrogens (primary N) is 1. The maximum Gasteiger partial charge on any atom is 0.357 e. The summed E-state index contributed by atoms with van der Waals surface area (Å²) in [5.74, 6) is 7.01. The molecular weight excluding hydrogens is 358 g/mol. The molecule has 0 radical (unpaired) electrons. The number of nitrogen functional groups attached to an aromatic ring is 1. The second-order valence-electron chi connectivity index (χ2n) is 6.11. The molecule has 0 spiro atoms. The molecule has 2 heterocycles. The van der Waals surface area contributed by atoms with Gasteiger partial charge in [-0.3, -0.25) is 9.66 Å². The predicted octanol–water partition coefficient (Wildman–Crippen LogP) is 3.43. The molecule has 0 unspecified atom stereocenters. The maximum atomic E-state index is 12.7. The molecule has 1 aromatic carbocycles. The number of hydrogen-bond donors (Lipinski definition) is 1. The van der Waals surface area contributed by atoms with Crippen molar-refractivity contribution in [2.45, 2.75) is 13.8 Å². The molecule has 0 aliphatic rings. The Morgan fingerprint density at radius 1 is 1.18 bits per heavy atom. The summed E-state index contributed by atoms with van der Waals surface area (Å²) in [6.45, 7) is 3.94. The highest BCUT2D eigenvalue weighted by atomic mass is 16.5. The molecule has 3 rings (SSSR count). The SMILES string of the molecule is CCOC(=O)c1c(-c2cc(OC)ccn2)c(-c2cccc(OC)c2C)cn1N. The van der Waals surface area contributed by atoms with E-state index in [2.05, 4.69) is 4.98 Å². The number of pyridine rings is 1. The zero-order valence-electron chi connectivity index (χ0n) is 16.4. The first kappa shape index (κ1) is 19.3. The summed E-state index contributed by atoms with van der Waals surface area (Å²) in [4.78, 5) is 17.1. The van der Waals surface area contributed by atoms with Gasteiger partial charge in [0.15, 0.2) is 5.69 Å². The van der Waals surface area contributed by atoms with Crippen LogP contribution in [0.2, 0.25) is 0 Å². The summed E-state index contributed by atoms with van der Waals surface area (Å²) in [6.07, 6.45) is 3.32. The third-order valence-electron chi connectivity index (χ3n) is 4.52. The Hall–Kier alpha value is -3.48. The van der Waals surface area contributed by atoms with Gasteiger partial charge in [0, 0.05) is 29.6 Å². The van der Waals surface area contributed by atoms with E-state index in [1.54, 1.807) is 45.7 Å². The Balaban J connectivity index is 2.32. The van der Waals surface area contributed by atoms with Gasteiger partial charge in [0.2, 0.25) is 0 Å². The van der Waals surface area contributed by atoms with E-state index >= 15 is 0 Å². The zero-order chi connectivity index (χ0) is 20.3. The van der Waals surface area contributed by atoms with Gasteiger partial charge < -0.3 is 20.1 Å². The summed E-state index contributed by atoms with van der Waals surface area (Å²) in [7, 11) is 3.20. The van der Waals surface area contributed by atoms with Crippen LogP contribution in [0, 0.1) is 6.92 Å². The molecule has 7 nitrogen and oxygen atoms in total. The Kier molecular flexibility index (Phi) is 5.54. The Bertz CT molecular complexity index is 1010. The molecule has 2 N–H and O–H groups in total. The fourth-order valence-corrected chi connectivity index (χ4v) is 3.20. The first-order chi connectivity index (χ1) is 13.5. The third kappa shape index (κ3) is 3.38. The number of carbonyl (C=O) groups excluding carboxylic acids is 1. The Morgan fingerprint density at radius 3 is 2.64 bits per heavy atom. The molecule has 3 aromatic rings. The predicted molar refractivity (Wildman–Crippen MR) is 107 cm³/mol. The molecule has 28 heavy (non-hydrogen) atoms. The standard InChI is InChI=1S/C21H23N3O4/c1-5-28-21(25)20-19(17-11-14(26-3)9-10-23-17)16(12-24(20)22)15-7-6-8-18(27-4)13(15)2/h6-12H,5,22H2,1-4H3. The molecule has 0 fully saturated rings. The number of aromatic nitrogens is 2. The van der Waals surface area contributed by atoms with E-state index in [1.807, 2.05) is 25.1 Å². The number of rotatable bonds is 6. The lowest BCUT2D eigenvalue weighted by atomic mass is 9.96. The van der Waals surface area contributed by atoms with E-state index in [1.165, 1.54) is 4.68 Å². The monoisotopic (exact) mass is 381 g/mol.